The van der Waals surface area contributed by atoms with E-state index in [1.54, 1.807) is 18.2 Å². The van der Waals surface area contributed by atoms with Gasteiger partial charge in [0.2, 0.25) is 0 Å². The Labute approximate surface area is 119 Å². The van der Waals surface area contributed by atoms with E-state index in [9.17, 15) is 5.11 Å². The second kappa shape index (κ2) is 6.89. The van der Waals surface area contributed by atoms with Crippen LogP contribution in [0.2, 0.25) is 5.02 Å². The lowest BCUT2D eigenvalue weighted by Gasteiger charge is -2.26. The number of aromatic hydroxyl groups is 1. The Morgan fingerprint density at radius 3 is 2.89 bits per heavy atom. The summed E-state index contributed by atoms with van der Waals surface area (Å²) in [6.07, 6.45) is 0. The van der Waals surface area contributed by atoms with Gasteiger partial charge in [-0.05, 0) is 25.1 Å². The van der Waals surface area contributed by atoms with Crippen LogP contribution in [0.5, 0.6) is 5.75 Å². The second-order valence-electron chi connectivity index (χ2n) is 4.72. The molecule has 5 heteroatoms. The molecular weight excluding hydrogens is 262 g/mol. The normalized spacial score (nSPS) is 17.7. The highest BCUT2D eigenvalue weighted by atomic mass is 35.5. The van der Waals surface area contributed by atoms with Crippen molar-refractivity contribution in [2.45, 2.75) is 6.92 Å². The summed E-state index contributed by atoms with van der Waals surface area (Å²) in [5, 5.41) is 13.7. The fraction of sp³-hybridized carbons (Fsp3) is 0.500. The first-order valence-corrected chi connectivity index (χ1v) is 6.97. The van der Waals surface area contributed by atoms with E-state index in [1.165, 1.54) is 0 Å². The molecule has 2 rings (SSSR count). The fourth-order valence-electron chi connectivity index (χ4n) is 2.18. The van der Waals surface area contributed by atoms with Crippen LogP contribution in [0.1, 0.15) is 12.5 Å². The fourth-order valence-corrected chi connectivity index (χ4v) is 2.35. The van der Waals surface area contributed by atoms with Gasteiger partial charge in [0, 0.05) is 49.0 Å². The van der Waals surface area contributed by atoms with Crippen molar-refractivity contribution in [1.29, 1.82) is 0 Å². The summed E-state index contributed by atoms with van der Waals surface area (Å²) < 4.78 is 0. The maximum Gasteiger partial charge on any atom is 0.124 e. The third kappa shape index (κ3) is 4.20. The lowest BCUT2D eigenvalue weighted by Crippen LogP contribution is -2.44. The summed E-state index contributed by atoms with van der Waals surface area (Å²) in [6.45, 7) is 7.88. The van der Waals surface area contributed by atoms with Gasteiger partial charge >= 0.3 is 0 Å². The average Bonchev–Trinajstić information content (AvgIpc) is 2.42. The number of hydrogen-bond acceptors (Lipinski definition) is 4. The van der Waals surface area contributed by atoms with Gasteiger partial charge in [-0.3, -0.25) is 9.89 Å². The van der Waals surface area contributed by atoms with E-state index in [0.29, 0.717) is 10.6 Å². The Bertz CT molecular complexity index is 456. The summed E-state index contributed by atoms with van der Waals surface area (Å²) in [4.78, 5) is 6.92. The van der Waals surface area contributed by atoms with Crippen LogP contribution in [0.3, 0.4) is 0 Å². The molecular formula is C14H20ClN3O. The second-order valence-corrected chi connectivity index (χ2v) is 5.16. The highest BCUT2D eigenvalue weighted by Crippen LogP contribution is 2.22. The van der Waals surface area contributed by atoms with Gasteiger partial charge in [-0.25, -0.2) is 0 Å². The molecule has 104 valence electrons. The smallest absolute Gasteiger partial charge is 0.124 e. The quantitative estimate of drug-likeness (QED) is 0.827. The molecule has 19 heavy (non-hydrogen) atoms. The van der Waals surface area contributed by atoms with Crippen molar-refractivity contribution in [3.63, 3.8) is 0 Å². The van der Waals surface area contributed by atoms with Crippen LogP contribution in [0.25, 0.3) is 0 Å². The number of phenols is 1. The van der Waals surface area contributed by atoms with Gasteiger partial charge in [-0.15, -0.1) is 0 Å². The van der Waals surface area contributed by atoms with Crippen molar-refractivity contribution in [3.8, 4) is 5.75 Å². The number of benzene rings is 1. The van der Waals surface area contributed by atoms with E-state index in [4.69, 9.17) is 11.6 Å². The highest BCUT2D eigenvalue weighted by molar-refractivity contribution is 6.31. The van der Waals surface area contributed by atoms with Gasteiger partial charge in [0.15, 0.2) is 0 Å². The van der Waals surface area contributed by atoms with Gasteiger partial charge in [-0.1, -0.05) is 11.6 Å². The zero-order valence-electron chi connectivity index (χ0n) is 11.2. The van der Waals surface area contributed by atoms with Crippen LogP contribution < -0.4 is 5.32 Å². The summed E-state index contributed by atoms with van der Waals surface area (Å²) in [6, 6.07) is 5.03. The van der Waals surface area contributed by atoms with Crippen LogP contribution >= 0.6 is 11.6 Å². The Morgan fingerprint density at radius 1 is 1.42 bits per heavy atom. The molecule has 0 bridgehead atoms. The molecule has 1 aliphatic heterocycles. The summed E-state index contributed by atoms with van der Waals surface area (Å²) >= 11 is 5.94. The lowest BCUT2D eigenvalue weighted by atomic mass is 10.1. The predicted octanol–water partition coefficient (Wildman–Crippen LogP) is 1.76. The first-order valence-electron chi connectivity index (χ1n) is 6.60. The Kier molecular flexibility index (Phi) is 5.19. The van der Waals surface area contributed by atoms with Crippen molar-refractivity contribution in [3.05, 3.63) is 28.8 Å². The monoisotopic (exact) mass is 281 g/mol. The molecule has 1 aliphatic rings. The molecule has 0 aliphatic carbocycles. The van der Waals surface area contributed by atoms with Crippen molar-refractivity contribution in [2.75, 3.05) is 39.3 Å². The molecule has 2 N–H and O–H groups in total. The van der Waals surface area contributed by atoms with Crippen molar-refractivity contribution in [1.82, 2.24) is 10.2 Å². The van der Waals surface area contributed by atoms with Gasteiger partial charge in [0.05, 0.1) is 6.54 Å². The molecule has 0 spiro atoms. The molecule has 1 saturated heterocycles. The maximum atomic E-state index is 9.80. The standard InChI is InChI=1S/C14H20ClN3O/c1-11(13-10-12(15)2-3-14(13)19)17-6-9-18-7-4-16-5-8-18/h2-3,10,16,19H,4-9H2,1H3. The topological polar surface area (TPSA) is 47.9 Å². The minimum Gasteiger partial charge on any atom is -0.507 e. The molecule has 1 heterocycles. The number of hydrogen-bond donors (Lipinski definition) is 2. The molecule has 0 atom stereocenters. The van der Waals surface area contributed by atoms with E-state index in [0.717, 1.165) is 45.0 Å². The Hall–Kier alpha value is -1.10. The number of piperazine rings is 1. The van der Waals surface area contributed by atoms with Crippen LogP contribution in [0, 0.1) is 0 Å². The van der Waals surface area contributed by atoms with Crippen LogP contribution in [0.15, 0.2) is 23.2 Å². The van der Waals surface area contributed by atoms with E-state index in [1.807, 2.05) is 6.92 Å². The minimum absolute atomic E-state index is 0.229. The minimum atomic E-state index is 0.229. The molecule has 1 aromatic rings. The van der Waals surface area contributed by atoms with Crippen LogP contribution in [-0.4, -0.2) is 55.0 Å². The molecule has 0 saturated carbocycles. The molecule has 0 radical (unpaired) electrons. The van der Waals surface area contributed by atoms with Crippen LogP contribution in [-0.2, 0) is 0 Å². The van der Waals surface area contributed by atoms with Crippen molar-refractivity contribution in [2.24, 2.45) is 4.99 Å². The van der Waals surface area contributed by atoms with Gasteiger partial charge < -0.3 is 10.4 Å². The molecule has 0 amide bonds. The van der Waals surface area contributed by atoms with E-state index < -0.39 is 0 Å². The molecule has 4 nitrogen and oxygen atoms in total. The number of rotatable bonds is 4. The zero-order chi connectivity index (χ0) is 13.7. The van der Waals surface area contributed by atoms with Gasteiger partial charge in [0.25, 0.3) is 0 Å². The van der Waals surface area contributed by atoms with Crippen molar-refractivity contribution >= 4 is 17.3 Å². The van der Waals surface area contributed by atoms with Gasteiger partial charge in [0.1, 0.15) is 5.75 Å². The highest BCUT2D eigenvalue weighted by Gasteiger charge is 2.09. The summed E-state index contributed by atoms with van der Waals surface area (Å²) in [5.41, 5.74) is 1.54. The van der Waals surface area contributed by atoms with E-state index in [-0.39, 0.29) is 5.75 Å². The third-order valence-corrected chi connectivity index (χ3v) is 3.56. The Balaban J connectivity index is 1.92. The zero-order valence-corrected chi connectivity index (χ0v) is 12.0. The summed E-state index contributed by atoms with van der Waals surface area (Å²) in [5.74, 6) is 0.229. The van der Waals surface area contributed by atoms with Crippen molar-refractivity contribution < 1.29 is 5.11 Å². The largest absolute Gasteiger partial charge is 0.507 e. The molecule has 1 aromatic carbocycles. The first-order chi connectivity index (χ1) is 9.16. The Morgan fingerprint density at radius 2 is 2.16 bits per heavy atom. The number of phenolic OH excluding ortho intramolecular Hbond substituents is 1. The molecule has 0 aromatic heterocycles. The number of halogens is 1. The molecule has 1 fully saturated rings. The first kappa shape index (κ1) is 14.3. The maximum absolute atomic E-state index is 9.80. The lowest BCUT2D eigenvalue weighted by molar-refractivity contribution is 0.247. The summed E-state index contributed by atoms with van der Waals surface area (Å²) in [7, 11) is 0. The number of nitrogens with zero attached hydrogens (tertiary/aromatic N) is 2. The van der Waals surface area contributed by atoms with E-state index in [2.05, 4.69) is 15.2 Å². The number of nitrogens with one attached hydrogen (secondary N) is 1. The SMILES string of the molecule is CC(=NCCN1CCNCC1)c1cc(Cl)ccc1O. The van der Waals surface area contributed by atoms with Crippen LogP contribution in [0.4, 0.5) is 0 Å². The van der Waals surface area contributed by atoms with Gasteiger partial charge in [-0.2, -0.15) is 0 Å². The average molecular weight is 282 g/mol. The number of aliphatic imine (C=N–C) groups is 1. The predicted molar refractivity (Wildman–Crippen MR) is 79.5 cm³/mol. The molecule has 0 unspecified atom stereocenters. The van der Waals surface area contributed by atoms with E-state index >= 15 is 0 Å². The third-order valence-electron chi connectivity index (χ3n) is 3.32.